The van der Waals surface area contributed by atoms with Crippen molar-refractivity contribution in [3.8, 4) is 23.0 Å². The third-order valence-electron chi connectivity index (χ3n) is 12.4. The van der Waals surface area contributed by atoms with E-state index >= 15 is 0 Å². The van der Waals surface area contributed by atoms with Gasteiger partial charge in [-0.15, -0.1) is 0 Å². The van der Waals surface area contributed by atoms with E-state index in [2.05, 4.69) is 33.4 Å². The van der Waals surface area contributed by atoms with Gasteiger partial charge in [0.05, 0.1) is 48.8 Å². The largest absolute Gasteiger partial charge is 0.493 e. The first-order valence-corrected chi connectivity index (χ1v) is 24.9. The van der Waals surface area contributed by atoms with Crippen LogP contribution in [0.4, 0.5) is 28.4 Å². The highest BCUT2D eigenvalue weighted by Crippen LogP contribution is 2.43. The van der Waals surface area contributed by atoms with E-state index in [1.807, 2.05) is 83.5 Å². The molecule has 14 nitrogen and oxygen atoms in total. The standard InChI is InChI=1S/C51H54N6O8S2/c1-30(67-66-15-9-14-48(58)52-2)16-49(59)55-35-18-31(28-64-46-24-40-38(22-44(46)62-3)50(60)56-36(26-53-40)20-33-10-5-7-12-42(33)56)17-32(19-35)29-65-47-25-41-39(23-45(47)63-4)51(61)57-37(27-54-41)21-34-11-6-8-13-43(34)57/h5-8,10-13,17-19,22-25,30,36-37,53-54H,9,14-16,20-21,26-29H2,1-4H3,(H,52,58)(H,55,59)/t30?,36-,37?/m0/s1. The zero-order valence-electron chi connectivity index (χ0n) is 37.9. The maximum atomic E-state index is 14.1. The van der Waals surface area contributed by atoms with Crippen molar-refractivity contribution in [2.75, 3.05) is 65.9 Å². The lowest BCUT2D eigenvalue weighted by Gasteiger charge is -2.23. The van der Waals surface area contributed by atoms with Crippen molar-refractivity contribution in [3.63, 3.8) is 0 Å². The summed E-state index contributed by atoms with van der Waals surface area (Å²) in [6.07, 6.45) is 3.05. The number of hydrogen-bond donors (Lipinski definition) is 4. The SMILES string of the molecule is CNC(=O)CCCSSC(C)CC(=O)Nc1cc(COc2cc3c(cc2OC)C(=O)N2c4ccccc4CC2CN3)cc(COc2cc3c(cc2OC)C(=O)N2c4ccccc4C[C@H]2CN3)c1. The van der Waals surface area contributed by atoms with E-state index in [0.717, 1.165) is 58.6 Å². The van der Waals surface area contributed by atoms with Gasteiger partial charge in [0.15, 0.2) is 23.0 Å². The van der Waals surface area contributed by atoms with Gasteiger partial charge in [0.1, 0.15) is 13.2 Å². The van der Waals surface area contributed by atoms with Gasteiger partial charge in [-0.2, -0.15) is 0 Å². The Balaban J connectivity index is 0.936. The lowest BCUT2D eigenvalue weighted by Crippen LogP contribution is -2.39. The van der Waals surface area contributed by atoms with Crippen LogP contribution in [0.1, 0.15) is 69.2 Å². The number of benzene rings is 5. The summed E-state index contributed by atoms with van der Waals surface area (Å²) in [6.45, 7) is 3.38. The summed E-state index contributed by atoms with van der Waals surface area (Å²) in [5.74, 6) is 2.22. The lowest BCUT2D eigenvalue weighted by molar-refractivity contribution is -0.120. The normalized spacial score (nSPS) is 16.9. The number of nitrogens with one attached hydrogen (secondary N) is 4. The Kier molecular flexibility index (Phi) is 13.7. The summed E-state index contributed by atoms with van der Waals surface area (Å²) in [7, 11) is 8.02. The number of nitrogens with zero attached hydrogens (tertiary/aromatic N) is 2. The van der Waals surface area contributed by atoms with Gasteiger partial charge in [-0.25, -0.2) is 0 Å². The monoisotopic (exact) mass is 942 g/mol. The molecule has 5 aromatic carbocycles. The summed E-state index contributed by atoms with van der Waals surface area (Å²) in [6, 6.07) is 28.8. The van der Waals surface area contributed by atoms with Gasteiger partial charge in [0.25, 0.3) is 11.8 Å². The van der Waals surface area contributed by atoms with Gasteiger partial charge in [0.2, 0.25) is 11.8 Å². The van der Waals surface area contributed by atoms with Gasteiger partial charge in [-0.05, 0) is 84.0 Å². The van der Waals surface area contributed by atoms with Crippen molar-refractivity contribution in [1.29, 1.82) is 0 Å². The van der Waals surface area contributed by atoms with Crippen LogP contribution in [0, 0.1) is 0 Å². The fraction of sp³-hybridized carbons (Fsp3) is 0.333. The quantitative estimate of drug-likeness (QED) is 0.0521. The smallest absolute Gasteiger partial charge is 0.260 e. The summed E-state index contributed by atoms with van der Waals surface area (Å²) in [4.78, 5) is 57.0. The molecule has 5 aromatic rings. The molecule has 3 atom stereocenters. The average molecular weight is 943 g/mol. The van der Waals surface area contributed by atoms with Crippen molar-refractivity contribution in [1.82, 2.24) is 5.32 Å². The molecule has 0 bridgehead atoms. The number of para-hydroxylation sites is 2. The first-order chi connectivity index (χ1) is 32.6. The molecule has 0 aromatic heterocycles. The molecule has 9 rings (SSSR count). The van der Waals surface area contributed by atoms with Crippen LogP contribution in [-0.2, 0) is 35.6 Å². The van der Waals surface area contributed by atoms with Crippen LogP contribution in [0.3, 0.4) is 0 Å². The Morgan fingerprint density at radius 3 is 1.75 bits per heavy atom. The predicted octanol–water partition coefficient (Wildman–Crippen LogP) is 8.48. The number of carbonyl (C=O) groups is 4. The first kappa shape index (κ1) is 45.6. The van der Waals surface area contributed by atoms with Crippen LogP contribution in [-0.4, -0.2) is 81.1 Å². The molecular formula is C51H54N6O8S2. The molecule has 0 radical (unpaired) electrons. The molecule has 2 unspecified atom stereocenters. The number of methoxy groups -OCH3 is 2. The van der Waals surface area contributed by atoms with Gasteiger partial charge in [0, 0.05) is 73.2 Å². The molecule has 4 aliphatic rings. The second kappa shape index (κ2) is 20.1. The second-order valence-corrected chi connectivity index (χ2v) is 20.0. The number of fused-ring (bicyclic) bond motifs is 8. The Morgan fingerprint density at radius 2 is 1.24 bits per heavy atom. The molecule has 16 heteroatoms. The highest BCUT2D eigenvalue weighted by atomic mass is 33.1. The number of hydrogen-bond acceptors (Lipinski definition) is 12. The van der Waals surface area contributed by atoms with E-state index in [4.69, 9.17) is 18.9 Å². The summed E-state index contributed by atoms with van der Waals surface area (Å²) >= 11 is 0. The van der Waals surface area contributed by atoms with E-state index in [1.54, 1.807) is 55.0 Å². The van der Waals surface area contributed by atoms with Gasteiger partial charge >= 0.3 is 0 Å². The van der Waals surface area contributed by atoms with Crippen molar-refractivity contribution in [2.24, 2.45) is 0 Å². The third-order valence-corrected chi connectivity index (χ3v) is 15.4. The predicted molar refractivity (Wildman–Crippen MR) is 266 cm³/mol. The molecule has 0 saturated heterocycles. The molecular weight excluding hydrogens is 889 g/mol. The molecule has 4 aliphatic heterocycles. The molecule has 4 N–H and O–H groups in total. The minimum atomic E-state index is -0.145. The van der Waals surface area contributed by atoms with E-state index in [1.165, 1.54) is 0 Å². The molecule has 348 valence electrons. The lowest BCUT2D eigenvalue weighted by atomic mass is 10.1. The van der Waals surface area contributed by atoms with E-state index in [-0.39, 0.29) is 60.6 Å². The molecule has 0 spiro atoms. The van der Waals surface area contributed by atoms with E-state index in [9.17, 15) is 19.2 Å². The summed E-state index contributed by atoms with van der Waals surface area (Å²) in [5.41, 5.74) is 8.57. The van der Waals surface area contributed by atoms with Crippen LogP contribution in [0.15, 0.2) is 91.0 Å². The highest BCUT2D eigenvalue weighted by Gasteiger charge is 2.39. The van der Waals surface area contributed by atoms with Gasteiger partial charge < -0.3 is 50.0 Å². The summed E-state index contributed by atoms with van der Waals surface area (Å²) in [5, 5.41) is 12.8. The molecule has 0 fully saturated rings. The maximum absolute atomic E-state index is 14.1. The molecule has 0 saturated carbocycles. The van der Waals surface area contributed by atoms with Crippen molar-refractivity contribution >= 4 is 73.7 Å². The first-order valence-electron chi connectivity index (χ1n) is 22.5. The van der Waals surface area contributed by atoms with Gasteiger partial charge in [-0.3, -0.25) is 19.2 Å². The molecule has 0 aliphatic carbocycles. The van der Waals surface area contributed by atoms with Crippen LogP contribution in [0.2, 0.25) is 0 Å². The Morgan fingerprint density at radius 1 is 0.716 bits per heavy atom. The van der Waals surface area contributed by atoms with Crippen LogP contribution in [0.5, 0.6) is 23.0 Å². The fourth-order valence-corrected chi connectivity index (χ4v) is 11.6. The number of carbonyl (C=O) groups excluding carboxylic acids is 4. The van der Waals surface area contributed by atoms with Crippen LogP contribution < -0.4 is 50.0 Å². The second-order valence-electron chi connectivity index (χ2n) is 17.1. The van der Waals surface area contributed by atoms with E-state index < -0.39 is 0 Å². The number of anilines is 5. The zero-order chi connectivity index (χ0) is 46.6. The summed E-state index contributed by atoms with van der Waals surface area (Å²) < 4.78 is 24.5. The Labute approximate surface area is 398 Å². The zero-order valence-corrected chi connectivity index (χ0v) is 39.6. The van der Waals surface area contributed by atoms with Gasteiger partial charge in [-0.1, -0.05) is 64.9 Å². The number of amides is 4. The Bertz CT molecular complexity index is 2560. The average Bonchev–Trinajstić information content (AvgIpc) is 3.83. The van der Waals surface area contributed by atoms with Crippen molar-refractivity contribution < 1.29 is 38.1 Å². The fourth-order valence-electron chi connectivity index (χ4n) is 9.24. The maximum Gasteiger partial charge on any atom is 0.260 e. The van der Waals surface area contributed by atoms with Crippen LogP contribution >= 0.6 is 21.6 Å². The Hall–Kier alpha value is -6.52. The van der Waals surface area contributed by atoms with Crippen LogP contribution in [0.25, 0.3) is 0 Å². The number of rotatable bonds is 17. The number of ether oxygens (including phenoxy) is 4. The highest BCUT2D eigenvalue weighted by molar-refractivity contribution is 8.76. The van der Waals surface area contributed by atoms with E-state index in [0.29, 0.717) is 70.7 Å². The topological polar surface area (TPSA) is 160 Å². The molecule has 4 amide bonds. The van der Waals surface area contributed by atoms with Crippen molar-refractivity contribution in [3.05, 3.63) is 124 Å². The third kappa shape index (κ3) is 9.82. The van der Waals surface area contributed by atoms with Crippen molar-refractivity contribution in [2.45, 2.75) is 69.6 Å². The molecule has 4 heterocycles. The molecule has 67 heavy (non-hydrogen) atoms. The minimum absolute atomic E-state index is 0.0194. The minimum Gasteiger partial charge on any atom is -0.493 e.